The van der Waals surface area contributed by atoms with Crippen LogP contribution in [0.4, 0.5) is 4.39 Å². The zero-order chi connectivity index (χ0) is 11.1. The maximum atomic E-state index is 13.5. The monoisotopic (exact) mass is 210 g/mol. The lowest BCUT2D eigenvalue weighted by atomic mass is 9.92. The first kappa shape index (κ1) is 9.96. The summed E-state index contributed by atoms with van der Waals surface area (Å²) in [5.41, 5.74) is -0.265. The summed E-state index contributed by atoms with van der Waals surface area (Å²) in [6, 6.07) is 3.76. The minimum Gasteiger partial charge on any atom is -0.508 e. The first-order valence-electron chi connectivity index (χ1n) is 4.74. The molecule has 15 heavy (non-hydrogen) atoms. The lowest BCUT2D eigenvalue weighted by Crippen LogP contribution is -2.14. The smallest absolute Gasteiger partial charge is 0.304 e. The molecule has 1 saturated carbocycles. The lowest BCUT2D eigenvalue weighted by molar-refractivity contribution is -0.137. The molecule has 1 aliphatic carbocycles. The Morgan fingerprint density at radius 2 is 2.13 bits per heavy atom. The Morgan fingerprint density at radius 1 is 1.47 bits per heavy atom. The van der Waals surface area contributed by atoms with Crippen molar-refractivity contribution < 1.29 is 19.4 Å². The van der Waals surface area contributed by atoms with Crippen molar-refractivity contribution in [3.8, 4) is 5.75 Å². The van der Waals surface area contributed by atoms with E-state index in [1.807, 2.05) is 0 Å². The molecular formula is C11H11FO3. The molecule has 0 bridgehead atoms. The number of aromatic hydroxyl groups is 1. The number of phenols is 1. The molecule has 80 valence electrons. The van der Waals surface area contributed by atoms with E-state index in [9.17, 15) is 14.3 Å². The molecule has 1 fully saturated rings. The molecule has 3 nitrogen and oxygen atoms in total. The van der Waals surface area contributed by atoms with Crippen LogP contribution < -0.4 is 0 Å². The summed E-state index contributed by atoms with van der Waals surface area (Å²) in [5, 5.41) is 18.0. The summed E-state index contributed by atoms with van der Waals surface area (Å²) in [6.45, 7) is 0. The molecule has 2 N–H and O–H groups in total. The summed E-state index contributed by atoms with van der Waals surface area (Å²) in [5.74, 6) is -1.40. The van der Waals surface area contributed by atoms with Gasteiger partial charge in [-0.1, -0.05) is 0 Å². The van der Waals surface area contributed by atoms with Gasteiger partial charge >= 0.3 is 5.97 Å². The number of hydrogen-bond donors (Lipinski definition) is 2. The summed E-state index contributed by atoms with van der Waals surface area (Å²) in [6.07, 6.45) is 1.26. The van der Waals surface area contributed by atoms with Crippen LogP contribution in [0.2, 0.25) is 0 Å². The molecule has 0 aromatic heterocycles. The fourth-order valence-electron chi connectivity index (χ4n) is 1.90. The van der Waals surface area contributed by atoms with Crippen LogP contribution in [-0.2, 0) is 10.2 Å². The van der Waals surface area contributed by atoms with Crippen LogP contribution in [0.5, 0.6) is 5.75 Å². The fraction of sp³-hybridized carbons (Fsp3) is 0.364. The average Bonchev–Trinajstić information content (AvgIpc) is 2.89. The highest BCUT2D eigenvalue weighted by molar-refractivity contribution is 5.70. The van der Waals surface area contributed by atoms with Crippen LogP contribution in [0, 0.1) is 5.82 Å². The molecule has 0 atom stereocenters. The van der Waals surface area contributed by atoms with Crippen LogP contribution in [0.3, 0.4) is 0 Å². The summed E-state index contributed by atoms with van der Waals surface area (Å²) in [7, 11) is 0. The maximum absolute atomic E-state index is 13.5. The number of carboxylic acids is 1. The Kier molecular flexibility index (Phi) is 2.14. The molecule has 4 heteroatoms. The van der Waals surface area contributed by atoms with E-state index in [4.69, 9.17) is 5.11 Å². The van der Waals surface area contributed by atoms with Crippen LogP contribution in [-0.4, -0.2) is 16.2 Å². The summed E-state index contributed by atoms with van der Waals surface area (Å²) in [4.78, 5) is 10.6. The third-order valence-corrected chi connectivity index (χ3v) is 2.86. The normalized spacial score (nSPS) is 17.4. The molecular weight excluding hydrogens is 199 g/mol. The number of hydrogen-bond acceptors (Lipinski definition) is 2. The predicted octanol–water partition coefficient (Wildman–Crippen LogP) is 2.04. The molecule has 0 unspecified atom stereocenters. The Balaban J connectivity index is 2.36. The van der Waals surface area contributed by atoms with Crippen LogP contribution in [0.25, 0.3) is 0 Å². The largest absolute Gasteiger partial charge is 0.508 e. The van der Waals surface area contributed by atoms with E-state index in [-0.39, 0.29) is 12.2 Å². The average molecular weight is 210 g/mol. The van der Waals surface area contributed by atoms with Crippen LogP contribution in [0.1, 0.15) is 24.8 Å². The van der Waals surface area contributed by atoms with Gasteiger partial charge in [0.25, 0.3) is 0 Å². The number of rotatable bonds is 3. The van der Waals surface area contributed by atoms with Crippen molar-refractivity contribution in [1.82, 2.24) is 0 Å². The first-order chi connectivity index (χ1) is 7.03. The quantitative estimate of drug-likeness (QED) is 0.802. The van der Waals surface area contributed by atoms with Crippen molar-refractivity contribution >= 4 is 5.97 Å². The second-order valence-corrected chi connectivity index (χ2v) is 4.01. The van der Waals surface area contributed by atoms with Gasteiger partial charge in [-0.15, -0.1) is 0 Å². The lowest BCUT2D eigenvalue weighted by Gasteiger charge is -2.14. The summed E-state index contributed by atoms with van der Waals surface area (Å²) < 4.78 is 13.5. The summed E-state index contributed by atoms with van der Waals surface area (Å²) >= 11 is 0. The number of carboxylic acid groups (broad SMARTS) is 1. The number of halogens is 1. The van der Waals surface area contributed by atoms with Gasteiger partial charge in [-0.2, -0.15) is 0 Å². The third kappa shape index (κ3) is 1.79. The molecule has 2 rings (SSSR count). The van der Waals surface area contributed by atoms with Crippen molar-refractivity contribution in [1.29, 1.82) is 0 Å². The molecule has 0 saturated heterocycles. The minimum atomic E-state index is -0.935. The van der Waals surface area contributed by atoms with E-state index in [1.54, 1.807) is 0 Å². The van der Waals surface area contributed by atoms with Gasteiger partial charge in [-0.25, -0.2) is 4.39 Å². The van der Waals surface area contributed by atoms with E-state index in [0.717, 1.165) is 0 Å². The predicted molar refractivity (Wildman–Crippen MR) is 51.2 cm³/mol. The van der Waals surface area contributed by atoms with E-state index in [0.29, 0.717) is 18.4 Å². The molecule has 0 aliphatic heterocycles. The Morgan fingerprint density at radius 3 is 2.67 bits per heavy atom. The number of aliphatic carboxylic acids is 1. The van der Waals surface area contributed by atoms with Crippen molar-refractivity contribution in [2.45, 2.75) is 24.7 Å². The Labute approximate surface area is 86.2 Å². The Hall–Kier alpha value is -1.58. The molecule has 1 aromatic rings. The number of carbonyl (C=O) groups is 1. The molecule has 0 heterocycles. The standard InChI is InChI=1S/C11H11FO3/c12-9-2-1-7(13)5-8(9)11(3-4-11)6-10(14)15/h1-2,5,13H,3-4,6H2,(H,14,15). The van der Waals surface area contributed by atoms with E-state index < -0.39 is 17.2 Å². The van der Waals surface area contributed by atoms with Crippen molar-refractivity contribution in [2.75, 3.05) is 0 Å². The van der Waals surface area contributed by atoms with E-state index in [1.165, 1.54) is 18.2 Å². The molecule has 1 aliphatic rings. The molecule has 1 aromatic carbocycles. The highest BCUT2D eigenvalue weighted by atomic mass is 19.1. The van der Waals surface area contributed by atoms with Gasteiger partial charge in [0, 0.05) is 5.41 Å². The second-order valence-electron chi connectivity index (χ2n) is 4.01. The van der Waals surface area contributed by atoms with Gasteiger partial charge in [-0.3, -0.25) is 4.79 Å². The SMILES string of the molecule is O=C(O)CC1(c2cc(O)ccc2F)CC1. The van der Waals surface area contributed by atoms with Gasteiger partial charge < -0.3 is 10.2 Å². The van der Waals surface area contributed by atoms with Crippen molar-refractivity contribution in [2.24, 2.45) is 0 Å². The second kappa shape index (κ2) is 3.22. The fourth-order valence-corrected chi connectivity index (χ4v) is 1.90. The van der Waals surface area contributed by atoms with E-state index in [2.05, 4.69) is 0 Å². The molecule has 0 radical (unpaired) electrons. The van der Waals surface area contributed by atoms with Gasteiger partial charge in [0.2, 0.25) is 0 Å². The first-order valence-corrected chi connectivity index (χ1v) is 4.74. The zero-order valence-electron chi connectivity index (χ0n) is 8.03. The topological polar surface area (TPSA) is 57.5 Å². The highest BCUT2D eigenvalue weighted by Crippen LogP contribution is 2.52. The third-order valence-electron chi connectivity index (χ3n) is 2.86. The van der Waals surface area contributed by atoms with Gasteiger partial charge in [0.15, 0.2) is 0 Å². The maximum Gasteiger partial charge on any atom is 0.304 e. The van der Waals surface area contributed by atoms with Gasteiger partial charge in [-0.05, 0) is 36.6 Å². The number of phenolic OH excluding ortho intramolecular Hbond substituents is 1. The van der Waals surface area contributed by atoms with E-state index >= 15 is 0 Å². The van der Waals surface area contributed by atoms with Gasteiger partial charge in [0.1, 0.15) is 11.6 Å². The minimum absolute atomic E-state index is 0.0249. The zero-order valence-corrected chi connectivity index (χ0v) is 8.03. The van der Waals surface area contributed by atoms with Crippen LogP contribution >= 0.6 is 0 Å². The molecule has 0 amide bonds. The van der Waals surface area contributed by atoms with Gasteiger partial charge in [0.05, 0.1) is 6.42 Å². The van der Waals surface area contributed by atoms with Crippen molar-refractivity contribution in [3.05, 3.63) is 29.6 Å². The van der Waals surface area contributed by atoms with Crippen molar-refractivity contribution in [3.63, 3.8) is 0 Å². The number of benzene rings is 1. The molecule has 0 spiro atoms. The van der Waals surface area contributed by atoms with Crippen LogP contribution in [0.15, 0.2) is 18.2 Å². The Bertz CT molecular complexity index is 410. The highest BCUT2D eigenvalue weighted by Gasteiger charge is 2.47.